The first kappa shape index (κ1) is 21.1. The van der Waals surface area contributed by atoms with Gasteiger partial charge in [-0.1, -0.05) is 29.5 Å². The van der Waals surface area contributed by atoms with Crippen LogP contribution >= 0.6 is 11.3 Å². The molecule has 31 heavy (non-hydrogen) atoms. The number of nitrogens with zero attached hydrogens (tertiary/aromatic N) is 2. The Bertz CT molecular complexity index is 1110. The number of aromatic nitrogens is 1. The predicted octanol–water partition coefficient (Wildman–Crippen LogP) is 3.26. The van der Waals surface area contributed by atoms with Gasteiger partial charge in [-0.2, -0.15) is 0 Å². The Kier molecular flexibility index (Phi) is 6.34. The Labute approximate surface area is 184 Å². The second kappa shape index (κ2) is 9.32. The summed E-state index contributed by atoms with van der Waals surface area (Å²) in [6, 6.07) is 11.6. The number of carbonyl (C=O) groups is 2. The Morgan fingerprint density at radius 3 is 2.68 bits per heavy atom. The minimum Gasteiger partial charge on any atom is -0.496 e. The summed E-state index contributed by atoms with van der Waals surface area (Å²) >= 11 is 1.38. The molecule has 0 aliphatic carbocycles. The summed E-state index contributed by atoms with van der Waals surface area (Å²) in [4.78, 5) is 30.5. The normalized spacial score (nSPS) is 13.8. The summed E-state index contributed by atoms with van der Waals surface area (Å²) in [5, 5.41) is 5.79. The quantitative estimate of drug-likeness (QED) is 0.635. The van der Waals surface area contributed by atoms with E-state index >= 15 is 0 Å². The van der Waals surface area contributed by atoms with Crippen LogP contribution in [-0.2, 0) is 9.53 Å². The maximum Gasteiger partial charge on any atom is 0.321 e. The van der Waals surface area contributed by atoms with Crippen LogP contribution < -0.4 is 15.4 Å². The minimum absolute atomic E-state index is 0.0594. The average molecular weight is 441 g/mol. The number of nitrogens with one attached hydrogen (secondary N) is 2. The van der Waals surface area contributed by atoms with Gasteiger partial charge in [-0.25, -0.2) is 9.78 Å². The molecule has 0 radical (unpaired) electrons. The first-order valence-corrected chi connectivity index (χ1v) is 10.8. The summed E-state index contributed by atoms with van der Waals surface area (Å²) in [7, 11) is 1.66. The van der Waals surface area contributed by atoms with Crippen LogP contribution in [0.1, 0.15) is 5.56 Å². The number of methoxy groups -OCH3 is 1. The fraction of sp³-hybridized carbons (Fsp3) is 0.318. The highest BCUT2D eigenvalue weighted by Gasteiger charge is 2.17. The van der Waals surface area contributed by atoms with Gasteiger partial charge in [0.15, 0.2) is 5.13 Å². The summed E-state index contributed by atoms with van der Waals surface area (Å²) in [6.07, 6.45) is 0. The number of rotatable bonds is 5. The van der Waals surface area contributed by atoms with Gasteiger partial charge in [0.2, 0.25) is 5.91 Å². The number of aryl methyl sites for hydroxylation is 1. The molecule has 1 aliphatic heterocycles. The molecular weight excluding hydrogens is 416 g/mol. The van der Waals surface area contributed by atoms with E-state index in [9.17, 15) is 9.59 Å². The van der Waals surface area contributed by atoms with Crippen LogP contribution in [-0.4, -0.2) is 61.8 Å². The van der Waals surface area contributed by atoms with E-state index in [1.165, 1.54) is 11.3 Å². The zero-order valence-electron chi connectivity index (χ0n) is 17.4. The number of morpholine rings is 1. The maximum atomic E-state index is 12.2. The van der Waals surface area contributed by atoms with Gasteiger partial charge in [-0.15, -0.1) is 0 Å². The van der Waals surface area contributed by atoms with E-state index in [0.29, 0.717) is 31.4 Å². The molecule has 1 fully saturated rings. The van der Waals surface area contributed by atoms with Gasteiger partial charge in [0.1, 0.15) is 5.75 Å². The van der Waals surface area contributed by atoms with Crippen molar-refractivity contribution >= 4 is 38.6 Å². The van der Waals surface area contributed by atoms with E-state index in [0.717, 1.165) is 32.7 Å². The van der Waals surface area contributed by atoms with Crippen LogP contribution in [0.4, 0.5) is 9.93 Å². The third-order valence-corrected chi connectivity index (χ3v) is 6.05. The summed E-state index contributed by atoms with van der Waals surface area (Å²) < 4.78 is 11.6. The molecule has 0 bridgehead atoms. The highest BCUT2D eigenvalue weighted by molar-refractivity contribution is 7.22. The van der Waals surface area contributed by atoms with Gasteiger partial charge in [0, 0.05) is 13.1 Å². The smallest absolute Gasteiger partial charge is 0.321 e. The highest BCUT2D eigenvalue weighted by Crippen LogP contribution is 2.32. The molecule has 2 heterocycles. The molecule has 0 saturated carbocycles. The lowest BCUT2D eigenvalue weighted by atomic mass is 10.0. The summed E-state index contributed by atoms with van der Waals surface area (Å²) in [5.41, 5.74) is 3.97. The van der Waals surface area contributed by atoms with Crippen molar-refractivity contribution in [3.05, 3.63) is 42.0 Å². The Hall–Kier alpha value is -3.17. The molecule has 0 unspecified atom stereocenters. The van der Waals surface area contributed by atoms with Gasteiger partial charge in [-0.05, 0) is 41.8 Å². The lowest BCUT2D eigenvalue weighted by molar-refractivity contribution is -0.134. The number of thiazole rings is 1. The number of ether oxygens (including phenoxy) is 2. The molecule has 8 nitrogen and oxygen atoms in total. The van der Waals surface area contributed by atoms with Gasteiger partial charge in [0.25, 0.3) is 0 Å². The van der Waals surface area contributed by atoms with Crippen LogP contribution in [0, 0.1) is 6.92 Å². The lowest BCUT2D eigenvalue weighted by Gasteiger charge is -2.26. The monoisotopic (exact) mass is 440 g/mol. The topological polar surface area (TPSA) is 92.8 Å². The fourth-order valence-electron chi connectivity index (χ4n) is 3.38. The highest BCUT2D eigenvalue weighted by atomic mass is 32.1. The van der Waals surface area contributed by atoms with Crippen molar-refractivity contribution in [2.45, 2.75) is 6.92 Å². The molecule has 2 N–H and O–H groups in total. The largest absolute Gasteiger partial charge is 0.496 e. The average Bonchev–Trinajstić information content (AvgIpc) is 3.19. The molecule has 9 heteroatoms. The minimum atomic E-state index is -0.454. The van der Waals surface area contributed by atoms with Crippen molar-refractivity contribution in [2.75, 3.05) is 45.3 Å². The van der Waals surface area contributed by atoms with E-state index in [2.05, 4.69) is 21.7 Å². The molecule has 1 saturated heterocycles. The number of benzene rings is 2. The van der Waals surface area contributed by atoms with Crippen LogP contribution in [0.15, 0.2) is 36.4 Å². The second-order valence-corrected chi connectivity index (χ2v) is 8.22. The van der Waals surface area contributed by atoms with E-state index in [1.807, 2.05) is 37.3 Å². The van der Waals surface area contributed by atoms with Gasteiger partial charge in [0.05, 0.1) is 37.1 Å². The first-order valence-electron chi connectivity index (χ1n) is 9.99. The third-order valence-electron chi connectivity index (χ3n) is 5.11. The standard InChI is InChI=1S/C22H24N4O4S/c1-14-3-4-15(11-18(14)29-2)16-5-6-17-19(12-16)31-22(24-17)25-21(28)23-13-20(27)26-7-9-30-10-8-26/h3-6,11-12H,7-10,13H2,1-2H3,(H2,23,24,25,28). The van der Waals surface area contributed by atoms with Crippen molar-refractivity contribution in [3.8, 4) is 16.9 Å². The summed E-state index contributed by atoms with van der Waals surface area (Å²) in [6.45, 7) is 4.11. The number of hydrogen-bond acceptors (Lipinski definition) is 6. The predicted molar refractivity (Wildman–Crippen MR) is 121 cm³/mol. The SMILES string of the molecule is COc1cc(-c2ccc3nc(NC(=O)NCC(=O)N4CCOCC4)sc3c2)ccc1C. The van der Waals surface area contributed by atoms with Crippen LogP contribution in [0.25, 0.3) is 21.3 Å². The molecule has 4 rings (SSSR count). The third kappa shape index (κ3) is 4.95. The molecule has 2 aromatic carbocycles. The Balaban J connectivity index is 1.41. The molecule has 1 aromatic heterocycles. The van der Waals surface area contributed by atoms with E-state index in [1.54, 1.807) is 12.0 Å². The fourth-order valence-corrected chi connectivity index (χ4v) is 4.28. The lowest BCUT2D eigenvalue weighted by Crippen LogP contribution is -2.46. The Morgan fingerprint density at radius 2 is 1.90 bits per heavy atom. The zero-order valence-corrected chi connectivity index (χ0v) is 18.3. The van der Waals surface area contributed by atoms with Gasteiger partial charge in [-0.3, -0.25) is 10.1 Å². The second-order valence-electron chi connectivity index (χ2n) is 7.19. The Morgan fingerprint density at radius 1 is 1.16 bits per heavy atom. The van der Waals surface area contributed by atoms with Crippen molar-refractivity contribution in [3.63, 3.8) is 0 Å². The number of carbonyl (C=O) groups excluding carboxylic acids is 2. The van der Waals surface area contributed by atoms with Crippen LogP contribution in [0.2, 0.25) is 0 Å². The van der Waals surface area contributed by atoms with Crippen molar-refractivity contribution < 1.29 is 19.1 Å². The van der Waals surface area contributed by atoms with Crippen molar-refractivity contribution in [2.24, 2.45) is 0 Å². The van der Waals surface area contributed by atoms with E-state index in [-0.39, 0.29) is 12.5 Å². The number of urea groups is 1. The number of fused-ring (bicyclic) bond motifs is 1. The molecule has 3 amide bonds. The molecule has 0 spiro atoms. The molecular formula is C22H24N4O4S. The van der Waals surface area contributed by atoms with Gasteiger partial charge >= 0.3 is 6.03 Å². The number of hydrogen-bond donors (Lipinski definition) is 2. The number of anilines is 1. The van der Waals surface area contributed by atoms with E-state index < -0.39 is 6.03 Å². The van der Waals surface area contributed by atoms with Crippen molar-refractivity contribution in [1.29, 1.82) is 0 Å². The molecule has 3 aromatic rings. The maximum absolute atomic E-state index is 12.2. The van der Waals surface area contributed by atoms with E-state index in [4.69, 9.17) is 9.47 Å². The van der Waals surface area contributed by atoms with Crippen LogP contribution in [0.3, 0.4) is 0 Å². The van der Waals surface area contributed by atoms with Crippen LogP contribution in [0.5, 0.6) is 5.75 Å². The van der Waals surface area contributed by atoms with Crippen molar-refractivity contribution in [1.82, 2.24) is 15.2 Å². The molecule has 0 atom stereocenters. The molecule has 162 valence electrons. The summed E-state index contributed by atoms with van der Waals surface area (Å²) in [5.74, 6) is 0.716. The number of amides is 3. The zero-order chi connectivity index (χ0) is 21.8. The first-order chi connectivity index (χ1) is 15.0. The molecule has 1 aliphatic rings. The van der Waals surface area contributed by atoms with Gasteiger partial charge < -0.3 is 19.7 Å².